The first-order valence-electron chi connectivity index (χ1n) is 10.4. The molecule has 1 amide bonds. The minimum absolute atomic E-state index is 0.0114. The van der Waals surface area contributed by atoms with Crippen LogP contribution in [0.15, 0.2) is 12.2 Å². The number of hydrogen-bond acceptors (Lipinski definition) is 3. The van der Waals surface area contributed by atoms with E-state index in [1.165, 1.54) is 0 Å². The molecule has 0 bridgehead atoms. The zero-order chi connectivity index (χ0) is 22.2. The Kier molecular flexibility index (Phi) is 10.3. The van der Waals surface area contributed by atoms with E-state index in [9.17, 15) is 9.59 Å². The number of halogens is 1. The van der Waals surface area contributed by atoms with Crippen LogP contribution in [-0.2, 0) is 9.53 Å². The van der Waals surface area contributed by atoms with Crippen molar-refractivity contribution in [2.45, 2.75) is 88.0 Å². The van der Waals surface area contributed by atoms with Gasteiger partial charge in [0.15, 0.2) is 0 Å². The molecule has 0 aliphatic heterocycles. The summed E-state index contributed by atoms with van der Waals surface area (Å²) < 4.78 is 4.66. The summed E-state index contributed by atoms with van der Waals surface area (Å²) in [4.78, 5) is 23.3. The molecule has 1 atom stereocenters. The van der Waals surface area contributed by atoms with Crippen LogP contribution < -0.4 is 5.32 Å². The summed E-state index contributed by atoms with van der Waals surface area (Å²) in [5, 5.41) is 2.85. The van der Waals surface area contributed by atoms with Gasteiger partial charge in [0.2, 0.25) is 5.91 Å². The summed E-state index contributed by atoms with van der Waals surface area (Å²) in [6.45, 7) is 20.1. The number of carbonyl (C=O) groups excluding carboxylic acids is 2. The Bertz CT molecular complexity index is 552. The Morgan fingerprint density at radius 2 is 1.57 bits per heavy atom. The number of rotatable bonds is 12. The Morgan fingerprint density at radius 3 is 2.04 bits per heavy atom. The van der Waals surface area contributed by atoms with E-state index >= 15 is 0 Å². The molecule has 0 fully saturated rings. The number of amides is 1. The number of carbonyl (C=O) groups is 2. The van der Waals surface area contributed by atoms with E-state index < -0.39 is 10.8 Å². The quantitative estimate of drug-likeness (QED) is 0.218. The van der Waals surface area contributed by atoms with E-state index in [0.29, 0.717) is 5.41 Å². The molecule has 4 nitrogen and oxygen atoms in total. The SMILES string of the molecule is CCC(C)(C)CC=CC(C)(CC)C(C)(C)CC(C)(C)C(=O)NCCOC(=O)Cl. The minimum Gasteiger partial charge on any atom is -0.452 e. The molecule has 1 unspecified atom stereocenters. The molecule has 28 heavy (non-hydrogen) atoms. The number of ether oxygens (including phenoxy) is 1. The second-order valence-corrected chi connectivity index (χ2v) is 10.5. The fourth-order valence-corrected chi connectivity index (χ4v) is 3.60. The molecule has 0 spiro atoms. The molecule has 0 aliphatic rings. The lowest BCUT2D eigenvalue weighted by molar-refractivity contribution is -0.132. The Morgan fingerprint density at radius 1 is 1.00 bits per heavy atom. The summed E-state index contributed by atoms with van der Waals surface area (Å²) in [5.41, 5.74) is -1.17. The zero-order valence-corrected chi connectivity index (χ0v) is 20.3. The molecule has 0 radical (unpaired) electrons. The highest BCUT2D eigenvalue weighted by Gasteiger charge is 2.43. The van der Waals surface area contributed by atoms with Gasteiger partial charge < -0.3 is 10.1 Å². The van der Waals surface area contributed by atoms with Crippen molar-refractivity contribution in [3.8, 4) is 0 Å². The van der Waals surface area contributed by atoms with Crippen LogP contribution in [0.2, 0.25) is 0 Å². The molecular formula is C23H42ClNO3. The minimum atomic E-state index is -0.855. The lowest BCUT2D eigenvalue weighted by Crippen LogP contribution is -2.44. The van der Waals surface area contributed by atoms with E-state index in [0.717, 1.165) is 25.7 Å². The predicted molar refractivity (Wildman–Crippen MR) is 119 cm³/mol. The number of nitrogens with one attached hydrogen (secondary N) is 1. The molecule has 1 N–H and O–H groups in total. The van der Waals surface area contributed by atoms with Crippen molar-refractivity contribution in [1.29, 1.82) is 0 Å². The van der Waals surface area contributed by atoms with E-state index in [2.05, 4.69) is 70.7 Å². The first-order valence-corrected chi connectivity index (χ1v) is 10.8. The van der Waals surface area contributed by atoms with Gasteiger partial charge in [-0.1, -0.05) is 80.9 Å². The first kappa shape index (κ1) is 27.0. The van der Waals surface area contributed by atoms with Crippen LogP contribution in [0.3, 0.4) is 0 Å². The Hall–Kier alpha value is -1.03. The van der Waals surface area contributed by atoms with Crippen LogP contribution in [0.5, 0.6) is 0 Å². The van der Waals surface area contributed by atoms with Gasteiger partial charge in [0, 0.05) is 17.0 Å². The summed E-state index contributed by atoms with van der Waals surface area (Å²) in [7, 11) is 0. The second-order valence-electron chi connectivity index (χ2n) is 10.2. The molecule has 5 heteroatoms. The van der Waals surface area contributed by atoms with Crippen molar-refractivity contribution >= 4 is 22.9 Å². The van der Waals surface area contributed by atoms with Crippen molar-refractivity contribution in [3.63, 3.8) is 0 Å². The lowest BCUT2D eigenvalue weighted by Gasteiger charge is -2.46. The topological polar surface area (TPSA) is 55.4 Å². The summed E-state index contributed by atoms with van der Waals surface area (Å²) >= 11 is 5.13. The third kappa shape index (κ3) is 8.55. The molecule has 0 saturated carbocycles. The average Bonchev–Trinajstić information content (AvgIpc) is 2.56. The second kappa shape index (κ2) is 10.7. The highest BCUT2D eigenvalue weighted by Crippen LogP contribution is 2.50. The standard InChI is InChI=1S/C23H42ClNO3/c1-10-20(3,4)13-12-14-23(9,11-2)22(7,8)17-21(5,6)18(26)25-15-16-28-19(24)27/h12,14H,10-11,13,15-17H2,1-9H3,(H,25,26). The molecule has 0 rings (SSSR count). The van der Waals surface area contributed by atoms with Gasteiger partial charge in [-0.15, -0.1) is 0 Å². The third-order valence-corrected chi connectivity index (χ3v) is 6.60. The fraction of sp³-hybridized carbons (Fsp3) is 0.826. The van der Waals surface area contributed by atoms with Gasteiger partial charge in [0.1, 0.15) is 6.61 Å². The monoisotopic (exact) mass is 415 g/mol. The molecule has 0 aromatic rings. The average molecular weight is 416 g/mol. The maximum atomic E-state index is 12.7. The number of allylic oxidation sites excluding steroid dienone is 2. The molecule has 0 heterocycles. The van der Waals surface area contributed by atoms with Crippen molar-refractivity contribution < 1.29 is 14.3 Å². The zero-order valence-electron chi connectivity index (χ0n) is 19.5. The van der Waals surface area contributed by atoms with Gasteiger partial charge in [-0.3, -0.25) is 4.79 Å². The van der Waals surface area contributed by atoms with Crippen molar-refractivity contribution in [3.05, 3.63) is 12.2 Å². The van der Waals surface area contributed by atoms with Crippen LogP contribution in [0.25, 0.3) is 0 Å². The third-order valence-electron chi connectivity index (χ3n) is 6.50. The van der Waals surface area contributed by atoms with E-state index in [1.807, 2.05) is 13.8 Å². The molecule has 0 aromatic carbocycles. The Balaban J connectivity index is 5.12. The van der Waals surface area contributed by atoms with Crippen LogP contribution >= 0.6 is 11.6 Å². The molecule has 0 saturated heterocycles. The molecule has 164 valence electrons. The molecule has 0 aliphatic carbocycles. The highest BCUT2D eigenvalue weighted by atomic mass is 35.5. The normalized spacial score (nSPS) is 15.4. The van der Waals surface area contributed by atoms with Crippen LogP contribution in [-0.4, -0.2) is 24.5 Å². The van der Waals surface area contributed by atoms with Gasteiger partial charge in [-0.2, -0.15) is 0 Å². The molecule has 0 aromatic heterocycles. The van der Waals surface area contributed by atoms with E-state index in [4.69, 9.17) is 11.6 Å². The lowest BCUT2D eigenvalue weighted by atomic mass is 9.59. The fourth-order valence-electron chi connectivity index (χ4n) is 3.53. The maximum absolute atomic E-state index is 12.7. The Labute approximate surface area is 177 Å². The van der Waals surface area contributed by atoms with Crippen molar-refractivity contribution in [2.75, 3.05) is 13.2 Å². The van der Waals surface area contributed by atoms with Gasteiger partial charge >= 0.3 is 5.43 Å². The molecular weight excluding hydrogens is 374 g/mol. The maximum Gasteiger partial charge on any atom is 0.403 e. The van der Waals surface area contributed by atoms with Gasteiger partial charge in [-0.05, 0) is 35.5 Å². The van der Waals surface area contributed by atoms with Crippen molar-refractivity contribution in [2.24, 2.45) is 21.7 Å². The van der Waals surface area contributed by atoms with E-state index in [-0.39, 0.29) is 29.9 Å². The van der Waals surface area contributed by atoms with Gasteiger partial charge in [-0.25, -0.2) is 4.79 Å². The van der Waals surface area contributed by atoms with Crippen LogP contribution in [0.1, 0.15) is 88.0 Å². The summed E-state index contributed by atoms with van der Waals surface area (Å²) in [6.07, 6.45) is 8.63. The summed E-state index contributed by atoms with van der Waals surface area (Å²) in [5.74, 6) is -0.0410. The van der Waals surface area contributed by atoms with Crippen molar-refractivity contribution in [1.82, 2.24) is 5.32 Å². The highest BCUT2D eigenvalue weighted by molar-refractivity contribution is 6.61. The number of hydrogen-bond donors (Lipinski definition) is 1. The summed E-state index contributed by atoms with van der Waals surface area (Å²) in [6, 6.07) is 0. The predicted octanol–water partition coefficient (Wildman–Crippen LogP) is 6.72. The van der Waals surface area contributed by atoms with Crippen LogP contribution in [0, 0.1) is 21.7 Å². The van der Waals surface area contributed by atoms with E-state index in [1.54, 1.807) is 0 Å². The first-order chi connectivity index (χ1) is 12.6. The van der Waals surface area contributed by atoms with Crippen LogP contribution in [0.4, 0.5) is 4.79 Å². The largest absolute Gasteiger partial charge is 0.452 e. The van der Waals surface area contributed by atoms with Gasteiger partial charge in [0.05, 0.1) is 6.54 Å². The van der Waals surface area contributed by atoms with Gasteiger partial charge in [0.25, 0.3) is 0 Å². The smallest absolute Gasteiger partial charge is 0.403 e.